The summed E-state index contributed by atoms with van der Waals surface area (Å²) in [6, 6.07) is 10.1. The number of nitrogens with zero attached hydrogens (tertiary/aromatic N) is 3. The molecule has 1 aliphatic rings. The number of hydrogen-bond acceptors (Lipinski definition) is 3. The molecule has 3 rings (SSSR count). The number of aromatic nitrogens is 2. The van der Waals surface area contributed by atoms with Crippen LogP contribution in [-0.4, -0.2) is 39.7 Å². The lowest BCUT2D eigenvalue weighted by atomic mass is 10.1. The highest BCUT2D eigenvalue weighted by Gasteiger charge is 2.27. The van der Waals surface area contributed by atoms with Crippen molar-refractivity contribution in [2.24, 2.45) is 5.73 Å². The fraction of sp³-hybridized carbons (Fsp3) is 0.375. The monoisotopic (exact) mass is 284 g/mol. The second kappa shape index (κ2) is 6.10. The van der Waals surface area contributed by atoms with E-state index in [0.29, 0.717) is 13.0 Å². The summed E-state index contributed by atoms with van der Waals surface area (Å²) in [4.78, 5) is 14.3. The lowest BCUT2D eigenvalue weighted by molar-refractivity contribution is -0.131. The minimum atomic E-state index is 0.176. The van der Waals surface area contributed by atoms with Crippen LogP contribution in [0.4, 0.5) is 0 Å². The molecule has 2 N–H and O–H groups in total. The standard InChI is InChI=1S/C16H20N4O/c17-12-15-3-1-9-19(15)16(21)11-13-4-6-14(7-5-13)20-10-2-8-18-20/h2,4-8,10,15H,1,3,9,11-12,17H2. The zero-order valence-electron chi connectivity index (χ0n) is 12.0. The number of benzene rings is 1. The number of likely N-dealkylation sites (tertiary alicyclic amines) is 1. The first-order chi connectivity index (χ1) is 10.3. The molecular formula is C16H20N4O. The predicted molar refractivity (Wildman–Crippen MR) is 81.1 cm³/mol. The third kappa shape index (κ3) is 2.97. The van der Waals surface area contributed by atoms with Gasteiger partial charge in [0, 0.05) is 31.5 Å². The van der Waals surface area contributed by atoms with Crippen LogP contribution in [0.25, 0.3) is 5.69 Å². The van der Waals surface area contributed by atoms with Crippen LogP contribution in [-0.2, 0) is 11.2 Å². The molecule has 5 heteroatoms. The molecule has 1 aliphatic heterocycles. The van der Waals surface area contributed by atoms with E-state index in [9.17, 15) is 4.79 Å². The van der Waals surface area contributed by atoms with Gasteiger partial charge in [-0.2, -0.15) is 5.10 Å². The highest BCUT2D eigenvalue weighted by molar-refractivity contribution is 5.79. The Morgan fingerprint density at radius 2 is 2.14 bits per heavy atom. The smallest absolute Gasteiger partial charge is 0.227 e. The topological polar surface area (TPSA) is 64.2 Å². The van der Waals surface area contributed by atoms with Gasteiger partial charge in [0.1, 0.15) is 0 Å². The number of carbonyl (C=O) groups excluding carboxylic acids is 1. The van der Waals surface area contributed by atoms with Crippen molar-refractivity contribution in [3.63, 3.8) is 0 Å². The molecule has 0 spiro atoms. The van der Waals surface area contributed by atoms with Crippen molar-refractivity contribution in [1.82, 2.24) is 14.7 Å². The number of carbonyl (C=O) groups is 1. The first-order valence-corrected chi connectivity index (χ1v) is 7.36. The van der Waals surface area contributed by atoms with Crippen molar-refractivity contribution in [3.8, 4) is 5.69 Å². The summed E-state index contributed by atoms with van der Waals surface area (Å²) in [5.74, 6) is 0.176. The molecule has 1 unspecified atom stereocenters. The molecule has 1 fully saturated rings. The Hall–Kier alpha value is -2.14. The lowest BCUT2D eigenvalue weighted by Gasteiger charge is -2.23. The van der Waals surface area contributed by atoms with Gasteiger partial charge in [0.2, 0.25) is 5.91 Å². The first kappa shape index (κ1) is 13.8. The predicted octanol–water partition coefficient (Wildman–Crippen LogP) is 1.36. The highest BCUT2D eigenvalue weighted by Crippen LogP contribution is 2.18. The normalized spacial score (nSPS) is 18.1. The molecule has 1 atom stereocenters. The van der Waals surface area contributed by atoms with Crippen molar-refractivity contribution in [1.29, 1.82) is 0 Å². The third-order valence-corrected chi connectivity index (χ3v) is 4.03. The zero-order chi connectivity index (χ0) is 14.7. The zero-order valence-corrected chi connectivity index (χ0v) is 12.0. The molecule has 1 aromatic carbocycles. The van der Waals surface area contributed by atoms with E-state index in [-0.39, 0.29) is 11.9 Å². The van der Waals surface area contributed by atoms with Gasteiger partial charge in [-0.1, -0.05) is 12.1 Å². The average Bonchev–Trinajstić information content (AvgIpc) is 3.19. The molecule has 110 valence electrons. The van der Waals surface area contributed by atoms with Crippen LogP contribution in [0.1, 0.15) is 18.4 Å². The van der Waals surface area contributed by atoms with Crippen molar-refractivity contribution < 1.29 is 4.79 Å². The summed E-state index contributed by atoms with van der Waals surface area (Å²) in [6.45, 7) is 1.40. The van der Waals surface area contributed by atoms with Gasteiger partial charge in [0.25, 0.3) is 0 Å². The average molecular weight is 284 g/mol. The Kier molecular flexibility index (Phi) is 4.01. The Morgan fingerprint density at radius 3 is 2.81 bits per heavy atom. The van der Waals surface area contributed by atoms with Gasteiger partial charge in [-0.3, -0.25) is 4.79 Å². The van der Waals surface area contributed by atoms with Crippen molar-refractivity contribution in [2.75, 3.05) is 13.1 Å². The van der Waals surface area contributed by atoms with E-state index in [0.717, 1.165) is 30.6 Å². The molecule has 0 aliphatic carbocycles. The Morgan fingerprint density at radius 1 is 1.33 bits per heavy atom. The summed E-state index contributed by atoms with van der Waals surface area (Å²) in [7, 11) is 0. The molecule has 1 aromatic heterocycles. The van der Waals surface area contributed by atoms with E-state index in [1.807, 2.05) is 41.4 Å². The van der Waals surface area contributed by atoms with Crippen LogP contribution in [0.15, 0.2) is 42.7 Å². The Bertz CT molecular complexity index is 591. The fourth-order valence-electron chi connectivity index (χ4n) is 2.87. The maximum atomic E-state index is 12.4. The maximum Gasteiger partial charge on any atom is 0.227 e. The summed E-state index contributed by atoms with van der Waals surface area (Å²) in [5, 5.41) is 4.19. The summed E-state index contributed by atoms with van der Waals surface area (Å²) in [6.07, 6.45) is 6.18. The molecular weight excluding hydrogens is 264 g/mol. The summed E-state index contributed by atoms with van der Waals surface area (Å²) >= 11 is 0. The number of hydrogen-bond donors (Lipinski definition) is 1. The van der Waals surface area contributed by atoms with E-state index in [4.69, 9.17) is 5.73 Å². The van der Waals surface area contributed by atoms with Crippen LogP contribution >= 0.6 is 0 Å². The van der Waals surface area contributed by atoms with Crippen molar-refractivity contribution >= 4 is 5.91 Å². The minimum absolute atomic E-state index is 0.176. The van der Waals surface area contributed by atoms with E-state index in [2.05, 4.69) is 5.10 Å². The van der Waals surface area contributed by atoms with Gasteiger partial charge < -0.3 is 10.6 Å². The quantitative estimate of drug-likeness (QED) is 0.922. The van der Waals surface area contributed by atoms with Gasteiger partial charge in [-0.25, -0.2) is 4.68 Å². The van der Waals surface area contributed by atoms with Crippen LogP contribution in [0.5, 0.6) is 0 Å². The SMILES string of the molecule is NCC1CCCN1C(=O)Cc1ccc(-n2cccn2)cc1. The highest BCUT2D eigenvalue weighted by atomic mass is 16.2. The van der Waals surface area contributed by atoms with Gasteiger partial charge in [0.05, 0.1) is 12.1 Å². The van der Waals surface area contributed by atoms with E-state index in [1.165, 1.54) is 0 Å². The van der Waals surface area contributed by atoms with E-state index in [1.54, 1.807) is 10.9 Å². The number of nitrogens with two attached hydrogens (primary N) is 1. The second-order valence-corrected chi connectivity index (χ2v) is 5.41. The van der Waals surface area contributed by atoms with Crippen LogP contribution < -0.4 is 5.73 Å². The van der Waals surface area contributed by atoms with Gasteiger partial charge in [-0.15, -0.1) is 0 Å². The lowest BCUT2D eigenvalue weighted by Crippen LogP contribution is -2.40. The molecule has 21 heavy (non-hydrogen) atoms. The second-order valence-electron chi connectivity index (χ2n) is 5.41. The summed E-state index contributed by atoms with van der Waals surface area (Å²) < 4.78 is 1.80. The van der Waals surface area contributed by atoms with Crippen molar-refractivity contribution in [2.45, 2.75) is 25.3 Å². The molecule has 1 amide bonds. The first-order valence-electron chi connectivity index (χ1n) is 7.36. The molecule has 5 nitrogen and oxygen atoms in total. The molecule has 0 radical (unpaired) electrons. The summed E-state index contributed by atoms with van der Waals surface area (Å²) in [5.41, 5.74) is 7.75. The fourth-order valence-corrected chi connectivity index (χ4v) is 2.87. The Balaban J connectivity index is 1.66. The van der Waals surface area contributed by atoms with Gasteiger partial charge >= 0.3 is 0 Å². The van der Waals surface area contributed by atoms with Crippen LogP contribution in [0.3, 0.4) is 0 Å². The molecule has 2 aromatic rings. The number of rotatable bonds is 4. The molecule has 0 saturated carbocycles. The van der Waals surface area contributed by atoms with Crippen LogP contribution in [0, 0.1) is 0 Å². The van der Waals surface area contributed by atoms with Crippen molar-refractivity contribution in [3.05, 3.63) is 48.3 Å². The molecule has 2 heterocycles. The maximum absolute atomic E-state index is 12.4. The van der Waals surface area contributed by atoms with Gasteiger partial charge in [0.15, 0.2) is 0 Å². The number of amides is 1. The van der Waals surface area contributed by atoms with E-state index < -0.39 is 0 Å². The molecule has 1 saturated heterocycles. The molecule has 0 bridgehead atoms. The largest absolute Gasteiger partial charge is 0.338 e. The minimum Gasteiger partial charge on any atom is -0.338 e. The van der Waals surface area contributed by atoms with E-state index >= 15 is 0 Å². The third-order valence-electron chi connectivity index (χ3n) is 4.03. The van der Waals surface area contributed by atoms with Gasteiger partial charge in [-0.05, 0) is 36.6 Å². The van der Waals surface area contributed by atoms with Crippen LogP contribution in [0.2, 0.25) is 0 Å². The Labute approximate surface area is 124 Å².